The highest BCUT2D eigenvalue weighted by atomic mass is 16.3. The summed E-state index contributed by atoms with van der Waals surface area (Å²) in [6.45, 7) is 1.78. The van der Waals surface area contributed by atoms with Gasteiger partial charge in [-0.2, -0.15) is 0 Å². The summed E-state index contributed by atoms with van der Waals surface area (Å²) in [4.78, 5) is 3.89. The molecule has 1 aromatic rings. The number of nitrogens with zero attached hydrogens (tertiary/aromatic N) is 1. The zero-order valence-electron chi connectivity index (χ0n) is 6.57. The highest BCUT2D eigenvalue weighted by molar-refractivity contribution is 5.18. The lowest BCUT2D eigenvalue weighted by atomic mass is 10.1. The highest BCUT2D eigenvalue weighted by Crippen LogP contribution is 2.05. The van der Waals surface area contributed by atoms with Gasteiger partial charge in [0.25, 0.3) is 0 Å². The Bertz CT molecular complexity index is 196. The highest BCUT2D eigenvalue weighted by Gasteiger charge is 1.96. The first-order valence-corrected chi connectivity index (χ1v) is 3.70. The summed E-state index contributed by atoms with van der Waals surface area (Å²) in [5.41, 5.74) is 1.11. The summed E-state index contributed by atoms with van der Waals surface area (Å²) in [7, 11) is 0. The number of aliphatic hydroxyl groups excluding tert-OH is 1. The Morgan fingerprint density at radius 3 is 2.73 bits per heavy atom. The van der Waals surface area contributed by atoms with Crippen LogP contribution in [0.1, 0.15) is 18.9 Å². The van der Waals surface area contributed by atoms with Gasteiger partial charge in [0.1, 0.15) is 0 Å². The standard InChI is InChI=1S/C9H12NO/c1-8(11)2-3-9-4-6-10-7-5-9/h3-8,11H,2H2,1H3. The molecule has 0 fully saturated rings. The second-order valence-corrected chi connectivity index (χ2v) is 2.57. The van der Waals surface area contributed by atoms with Gasteiger partial charge in [0, 0.05) is 12.4 Å². The second kappa shape index (κ2) is 4.09. The van der Waals surface area contributed by atoms with Gasteiger partial charge in [0.05, 0.1) is 6.10 Å². The largest absolute Gasteiger partial charge is 0.393 e. The Kier molecular flexibility index (Phi) is 3.05. The molecule has 11 heavy (non-hydrogen) atoms. The maximum absolute atomic E-state index is 8.97. The fraction of sp³-hybridized carbons (Fsp3) is 0.333. The molecule has 0 amide bonds. The van der Waals surface area contributed by atoms with E-state index >= 15 is 0 Å². The molecule has 2 heteroatoms. The third-order valence-electron chi connectivity index (χ3n) is 1.40. The molecule has 0 aliphatic carbocycles. The van der Waals surface area contributed by atoms with E-state index in [0.717, 1.165) is 5.56 Å². The zero-order chi connectivity index (χ0) is 8.10. The van der Waals surface area contributed by atoms with Crippen molar-refractivity contribution < 1.29 is 5.11 Å². The molecule has 1 atom stereocenters. The van der Waals surface area contributed by atoms with Gasteiger partial charge in [-0.15, -0.1) is 0 Å². The summed E-state index contributed by atoms with van der Waals surface area (Å²) >= 11 is 0. The van der Waals surface area contributed by atoms with Gasteiger partial charge in [-0.1, -0.05) is 0 Å². The summed E-state index contributed by atoms with van der Waals surface area (Å²) < 4.78 is 0. The lowest BCUT2D eigenvalue weighted by Crippen LogP contribution is -1.99. The van der Waals surface area contributed by atoms with E-state index in [1.165, 1.54) is 0 Å². The second-order valence-electron chi connectivity index (χ2n) is 2.57. The van der Waals surface area contributed by atoms with Crippen molar-refractivity contribution in [3.8, 4) is 0 Å². The molecule has 0 bridgehead atoms. The zero-order valence-corrected chi connectivity index (χ0v) is 6.57. The minimum Gasteiger partial charge on any atom is -0.393 e. The molecule has 1 heterocycles. The monoisotopic (exact) mass is 150 g/mol. The van der Waals surface area contributed by atoms with Crippen molar-refractivity contribution in [3.05, 3.63) is 36.5 Å². The van der Waals surface area contributed by atoms with E-state index in [0.29, 0.717) is 6.42 Å². The van der Waals surface area contributed by atoms with Gasteiger partial charge in [-0.25, -0.2) is 0 Å². The molecule has 0 saturated carbocycles. The Labute approximate surface area is 66.9 Å². The molecule has 0 aliphatic rings. The molecule has 0 saturated heterocycles. The third kappa shape index (κ3) is 3.14. The van der Waals surface area contributed by atoms with Crippen LogP contribution < -0.4 is 0 Å². The van der Waals surface area contributed by atoms with Crippen molar-refractivity contribution in [2.75, 3.05) is 0 Å². The SMILES string of the molecule is CC(O)C[CH]c1ccncc1. The van der Waals surface area contributed by atoms with Crippen LogP contribution in [0, 0.1) is 6.42 Å². The van der Waals surface area contributed by atoms with Crippen LogP contribution in [0.25, 0.3) is 0 Å². The third-order valence-corrected chi connectivity index (χ3v) is 1.40. The first kappa shape index (κ1) is 8.21. The Balaban J connectivity index is 2.39. The molecular formula is C9H12NO. The van der Waals surface area contributed by atoms with Gasteiger partial charge in [0.15, 0.2) is 0 Å². The average Bonchev–Trinajstić information content (AvgIpc) is 2.03. The fourth-order valence-corrected chi connectivity index (χ4v) is 0.806. The molecule has 2 nitrogen and oxygen atoms in total. The number of aliphatic hydroxyl groups is 1. The van der Waals surface area contributed by atoms with Crippen LogP contribution in [0.15, 0.2) is 24.5 Å². The van der Waals surface area contributed by atoms with Crippen LogP contribution in [-0.2, 0) is 0 Å². The number of rotatable bonds is 3. The number of aromatic nitrogens is 1. The molecule has 59 valence electrons. The Hall–Kier alpha value is -0.890. The van der Waals surface area contributed by atoms with E-state index in [1.54, 1.807) is 19.3 Å². The minimum absolute atomic E-state index is 0.261. The van der Waals surface area contributed by atoms with E-state index in [-0.39, 0.29) is 6.10 Å². The van der Waals surface area contributed by atoms with Crippen LogP contribution in [-0.4, -0.2) is 16.2 Å². The molecule has 0 aliphatic heterocycles. The molecule has 1 radical (unpaired) electrons. The van der Waals surface area contributed by atoms with Crippen molar-refractivity contribution in [2.45, 2.75) is 19.4 Å². The van der Waals surface area contributed by atoms with Gasteiger partial charge >= 0.3 is 0 Å². The fourth-order valence-electron chi connectivity index (χ4n) is 0.806. The van der Waals surface area contributed by atoms with Gasteiger partial charge < -0.3 is 5.11 Å². The number of pyridine rings is 1. The smallest absolute Gasteiger partial charge is 0.0518 e. The molecule has 0 aromatic carbocycles. The first-order valence-electron chi connectivity index (χ1n) is 3.70. The van der Waals surface area contributed by atoms with Crippen LogP contribution in [0.3, 0.4) is 0 Å². The van der Waals surface area contributed by atoms with Crippen LogP contribution in [0.5, 0.6) is 0 Å². The quantitative estimate of drug-likeness (QED) is 0.706. The topological polar surface area (TPSA) is 33.1 Å². The van der Waals surface area contributed by atoms with Crippen molar-refractivity contribution in [1.82, 2.24) is 4.98 Å². The van der Waals surface area contributed by atoms with E-state index in [4.69, 9.17) is 5.11 Å². The summed E-state index contributed by atoms with van der Waals surface area (Å²) in [5, 5.41) is 8.97. The maximum atomic E-state index is 8.97. The van der Waals surface area contributed by atoms with E-state index in [9.17, 15) is 0 Å². The van der Waals surface area contributed by atoms with E-state index < -0.39 is 0 Å². The van der Waals surface area contributed by atoms with Crippen LogP contribution in [0.4, 0.5) is 0 Å². The molecule has 0 spiro atoms. The summed E-state index contributed by atoms with van der Waals surface area (Å²) in [6, 6.07) is 3.84. The maximum Gasteiger partial charge on any atom is 0.0518 e. The van der Waals surface area contributed by atoms with Crippen molar-refractivity contribution in [3.63, 3.8) is 0 Å². The Morgan fingerprint density at radius 1 is 1.55 bits per heavy atom. The van der Waals surface area contributed by atoms with Gasteiger partial charge in [-0.3, -0.25) is 4.98 Å². The molecule has 1 aromatic heterocycles. The van der Waals surface area contributed by atoms with E-state index in [2.05, 4.69) is 4.98 Å². The predicted octanol–water partition coefficient (Wildman–Crippen LogP) is 1.40. The van der Waals surface area contributed by atoms with Crippen LogP contribution >= 0.6 is 0 Å². The summed E-state index contributed by atoms with van der Waals surface area (Å²) in [6.07, 6.45) is 5.92. The number of hydrogen-bond donors (Lipinski definition) is 1. The molecular weight excluding hydrogens is 138 g/mol. The number of hydrogen-bond acceptors (Lipinski definition) is 2. The molecule has 1 unspecified atom stereocenters. The first-order chi connectivity index (χ1) is 5.29. The van der Waals surface area contributed by atoms with Gasteiger partial charge in [-0.05, 0) is 37.5 Å². The van der Waals surface area contributed by atoms with Crippen molar-refractivity contribution in [2.24, 2.45) is 0 Å². The minimum atomic E-state index is -0.261. The van der Waals surface area contributed by atoms with E-state index in [1.807, 2.05) is 18.6 Å². The molecule has 1 rings (SSSR count). The Morgan fingerprint density at radius 2 is 2.18 bits per heavy atom. The summed E-state index contributed by atoms with van der Waals surface area (Å²) in [5.74, 6) is 0. The van der Waals surface area contributed by atoms with Crippen molar-refractivity contribution >= 4 is 0 Å². The van der Waals surface area contributed by atoms with Crippen LogP contribution in [0.2, 0.25) is 0 Å². The van der Waals surface area contributed by atoms with Crippen molar-refractivity contribution in [1.29, 1.82) is 0 Å². The predicted molar refractivity (Wildman–Crippen MR) is 43.9 cm³/mol. The normalized spacial score (nSPS) is 12.9. The lowest BCUT2D eigenvalue weighted by molar-refractivity contribution is 0.195. The average molecular weight is 150 g/mol. The van der Waals surface area contributed by atoms with Gasteiger partial charge in [0.2, 0.25) is 0 Å². The lowest BCUT2D eigenvalue weighted by Gasteiger charge is -2.01. The molecule has 1 N–H and O–H groups in total.